The molecule has 6 nitrogen and oxygen atoms in total. The third kappa shape index (κ3) is 2.00. The van der Waals surface area contributed by atoms with E-state index in [-0.39, 0.29) is 6.04 Å². The summed E-state index contributed by atoms with van der Waals surface area (Å²) in [6, 6.07) is 9.47. The maximum Gasteiger partial charge on any atom is 0.250 e. The number of fused-ring (bicyclic) bond motifs is 1. The second-order valence-corrected chi connectivity index (χ2v) is 5.11. The molecule has 2 aromatic rings. The molecule has 0 saturated heterocycles. The van der Waals surface area contributed by atoms with Crippen molar-refractivity contribution in [3.63, 3.8) is 0 Å². The van der Waals surface area contributed by atoms with Gasteiger partial charge in [-0.25, -0.2) is 9.67 Å². The first-order chi connectivity index (χ1) is 9.74. The maximum atomic E-state index is 9.32. The molecule has 0 spiro atoms. The van der Waals surface area contributed by atoms with E-state index < -0.39 is 0 Å². The molecule has 102 valence electrons. The van der Waals surface area contributed by atoms with Gasteiger partial charge in [0.05, 0.1) is 5.71 Å². The van der Waals surface area contributed by atoms with Crippen LogP contribution in [0.3, 0.4) is 0 Å². The van der Waals surface area contributed by atoms with Crippen LogP contribution in [-0.4, -0.2) is 37.7 Å². The zero-order chi connectivity index (χ0) is 14.1. The smallest absolute Gasteiger partial charge is 0.250 e. The molecule has 1 aromatic carbocycles. The first-order valence-electron chi connectivity index (χ1n) is 6.07. The molecule has 0 amide bonds. The molecule has 0 unspecified atom stereocenters. The minimum atomic E-state index is -0.304. The molecule has 0 fully saturated rings. The van der Waals surface area contributed by atoms with Crippen LogP contribution in [0.4, 0.5) is 5.95 Å². The van der Waals surface area contributed by atoms with Gasteiger partial charge >= 0.3 is 0 Å². The van der Waals surface area contributed by atoms with Crippen LogP contribution in [0.15, 0.2) is 45.6 Å². The van der Waals surface area contributed by atoms with E-state index in [4.69, 9.17) is 0 Å². The number of oxime groups is 1. The van der Waals surface area contributed by atoms with Crippen molar-refractivity contribution in [3.05, 3.63) is 35.9 Å². The van der Waals surface area contributed by atoms with E-state index in [1.165, 1.54) is 11.8 Å². The zero-order valence-electron chi connectivity index (χ0n) is 11.1. The Balaban J connectivity index is 2.20. The molecule has 7 heteroatoms. The predicted octanol–water partition coefficient (Wildman–Crippen LogP) is 2.53. The summed E-state index contributed by atoms with van der Waals surface area (Å²) in [6.07, 6.45) is 1.91. The fraction of sp³-hybridized carbons (Fsp3) is 0.231. The van der Waals surface area contributed by atoms with E-state index in [1.807, 2.05) is 43.5 Å². The molecule has 20 heavy (non-hydrogen) atoms. The van der Waals surface area contributed by atoms with Crippen LogP contribution in [0.1, 0.15) is 18.5 Å². The summed E-state index contributed by atoms with van der Waals surface area (Å²) in [5.74, 6) is 0.535. The van der Waals surface area contributed by atoms with Gasteiger partial charge in [0.25, 0.3) is 0 Å². The summed E-state index contributed by atoms with van der Waals surface area (Å²) in [5.41, 5.74) is 2.11. The quantitative estimate of drug-likeness (QED) is 0.523. The largest absolute Gasteiger partial charge is 0.411 e. The number of benzene rings is 1. The first-order valence-corrected chi connectivity index (χ1v) is 7.30. The number of aromatic nitrogens is 3. The van der Waals surface area contributed by atoms with Crippen molar-refractivity contribution in [3.8, 4) is 0 Å². The van der Waals surface area contributed by atoms with Crippen LogP contribution < -0.4 is 0 Å². The highest BCUT2D eigenvalue weighted by molar-refractivity contribution is 7.98. The molecule has 1 N–H and O–H groups in total. The molecular weight excluding hydrogens is 274 g/mol. The molecule has 0 aliphatic carbocycles. The van der Waals surface area contributed by atoms with Gasteiger partial charge in [-0.05, 0) is 18.7 Å². The maximum absolute atomic E-state index is 9.32. The third-order valence-corrected chi connectivity index (χ3v) is 3.68. The van der Waals surface area contributed by atoms with Crippen molar-refractivity contribution in [2.45, 2.75) is 18.1 Å². The fourth-order valence-electron chi connectivity index (χ4n) is 2.21. The molecule has 3 rings (SSSR count). The summed E-state index contributed by atoms with van der Waals surface area (Å²) in [4.78, 5) is 8.70. The van der Waals surface area contributed by atoms with E-state index >= 15 is 0 Å². The van der Waals surface area contributed by atoms with Crippen molar-refractivity contribution in [1.82, 2.24) is 14.8 Å². The highest BCUT2D eigenvalue weighted by atomic mass is 32.2. The van der Waals surface area contributed by atoms with Gasteiger partial charge in [-0.15, -0.1) is 5.10 Å². The lowest BCUT2D eigenvalue weighted by molar-refractivity contribution is 0.316. The lowest BCUT2D eigenvalue weighted by Crippen LogP contribution is -2.30. The van der Waals surface area contributed by atoms with Gasteiger partial charge in [0, 0.05) is 0 Å². The topological polar surface area (TPSA) is 75.7 Å². The Morgan fingerprint density at radius 1 is 1.30 bits per heavy atom. The number of nitrogens with zero attached hydrogens (tertiary/aromatic N) is 5. The number of aliphatic imine (C=N–C) groups is 1. The van der Waals surface area contributed by atoms with Gasteiger partial charge in [-0.3, -0.25) is 0 Å². The monoisotopic (exact) mass is 287 g/mol. The van der Waals surface area contributed by atoms with Gasteiger partial charge in [0.2, 0.25) is 11.1 Å². The molecule has 0 bridgehead atoms. The third-order valence-electron chi connectivity index (χ3n) is 3.14. The van der Waals surface area contributed by atoms with E-state index in [2.05, 4.69) is 20.2 Å². The Morgan fingerprint density at radius 2 is 2.05 bits per heavy atom. The SMILES string of the molecule is CSc1nc2n(n1)[C@H](c1ccccc1)/C(=N/O)C(C)=N2. The number of hydrogen-bond acceptors (Lipinski definition) is 6. The molecule has 1 aromatic heterocycles. The fourth-order valence-corrected chi connectivity index (χ4v) is 2.56. The number of hydrogen-bond donors (Lipinski definition) is 1. The first kappa shape index (κ1) is 12.9. The van der Waals surface area contributed by atoms with Crippen LogP contribution in [0, 0.1) is 0 Å². The molecule has 1 atom stereocenters. The summed E-state index contributed by atoms with van der Waals surface area (Å²) >= 11 is 1.45. The van der Waals surface area contributed by atoms with Crippen molar-refractivity contribution in [2.24, 2.45) is 10.1 Å². The average Bonchev–Trinajstić information content (AvgIpc) is 2.89. The highest BCUT2D eigenvalue weighted by Crippen LogP contribution is 2.30. The highest BCUT2D eigenvalue weighted by Gasteiger charge is 2.31. The van der Waals surface area contributed by atoms with Gasteiger partial charge in [-0.1, -0.05) is 47.2 Å². The standard InChI is InChI=1S/C13H13N5OS/c1-8-10(17-19)11(9-6-4-3-5-7-9)18-12(14-8)15-13(16-18)20-2/h3-7,11,19H,1-2H3/b17-10+/t11-/m1/s1. The number of rotatable bonds is 2. The van der Waals surface area contributed by atoms with E-state index in [0.29, 0.717) is 22.5 Å². The minimum Gasteiger partial charge on any atom is -0.411 e. The molecule has 1 aliphatic rings. The lowest BCUT2D eigenvalue weighted by atomic mass is 9.98. The van der Waals surface area contributed by atoms with Crippen LogP contribution in [0.5, 0.6) is 0 Å². The van der Waals surface area contributed by atoms with Gasteiger partial charge in [0.1, 0.15) is 11.8 Å². The van der Waals surface area contributed by atoms with Crippen molar-refractivity contribution < 1.29 is 5.21 Å². The summed E-state index contributed by atoms with van der Waals surface area (Å²) < 4.78 is 1.70. The molecule has 0 saturated carbocycles. The van der Waals surface area contributed by atoms with Crippen LogP contribution in [-0.2, 0) is 0 Å². The molecule has 0 radical (unpaired) electrons. The molecule has 2 heterocycles. The Labute approximate surface area is 120 Å². The summed E-state index contributed by atoms with van der Waals surface area (Å²) in [6.45, 7) is 1.81. The van der Waals surface area contributed by atoms with Crippen molar-refractivity contribution >= 4 is 29.1 Å². The van der Waals surface area contributed by atoms with E-state index in [0.717, 1.165) is 5.56 Å². The minimum absolute atomic E-state index is 0.304. The molecular formula is C13H13N5OS. The Morgan fingerprint density at radius 3 is 2.70 bits per heavy atom. The van der Waals surface area contributed by atoms with E-state index in [1.54, 1.807) is 4.68 Å². The Hall–Kier alpha value is -2.15. The van der Waals surface area contributed by atoms with Crippen LogP contribution >= 0.6 is 11.8 Å². The molecule has 1 aliphatic heterocycles. The van der Waals surface area contributed by atoms with Crippen molar-refractivity contribution in [1.29, 1.82) is 0 Å². The van der Waals surface area contributed by atoms with Crippen molar-refractivity contribution in [2.75, 3.05) is 6.26 Å². The predicted molar refractivity (Wildman–Crippen MR) is 78.4 cm³/mol. The van der Waals surface area contributed by atoms with Crippen LogP contribution in [0.2, 0.25) is 0 Å². The number of thioether (sulfide) groups is 1. The summed E-state index contributed by atoms with van der Waals surface area (Å²) in [7, 11) is 0. The second kappa shape index (κ2) is 5.09. The second-order valence-electron chi connectivity index (χ2n) is 4.34. The van der Waals surface area contributed by atoms with Gasteiger partial charge < -0.3 is 5.21 Å². The average molecular weight is 287 g/mol. The van der Waals surface area contributed by atoms with Gasteiger partial charge in [0.15, 0.2) is 0 Å². The zero-order valence-corrected chi connectivity index (χ0v) is 11.9. The Bertz CT molecular complexity index is 692. The lowest BCUT2D eigenvalue weighted by Gasteiger charge is -2.23. The Kier molecular flexibility index (Phi) is 3.27. The summed E-state index contributed by atoms with van der Waals surface area (Å²) in [5, 5.41) is 17.8. The van der Waals surface area contributed by atoms with E-state index in [9.17, 15) is 5.21 Å². The van der Waals surface area contributed by atoms with Gasteiger partial charge in [-0.2, -0.15) is 4.98 Å². The van der Waals surface area contributed by atoms with Crippen LogP contribution in [0.25, 0.3) is 0 Å². The normalized spacial score (nSPS) is 19.8.